The lowest BCUT2D eigenvalue weighted by molar-refractivity contribution is -0.132. The molecule has 1 N–H and O–H groups in total. The van der Waals surface area contributed by atoms with Gasteiger partial charge >= 0.3 is 0 Å². The van der Waals surface area contributed by atoms with Crippen LogP contribution in [0.1, 0.15) is 63.1 Å². The van der Waals surface area contributed by atoms with Crippen LogP contribution < -0.4 is 5.32 Å². The first-order valence-electron chi connectivity index (χ1n) is 12.4. The van der Waals surface area contributed by atoms with E-state index in [0.29, 0.717) is 18.9 Å². The Kier molecular flexibility index (Phi) is 9.24. The summed E-state index contributed by atoms with van der Waals surface area (Å²) >= 11 is 0. The van der Waals surface area contributed by atoms with Gasteiger partial charge in [0.1, 0.15) is 10.7 Å². The van der Waals surface area contributed by atoms with Gasteiger partial charge in [0.05, 0.1) is 6.04 Å². The predicted molar refractivity (Wildman–Crippen MR) is 137 cm³/mol. The minimum Gasteiger partial charge on any atom is -0.352 e. The molecule has 7 nitrogen and oxygen atoms in total. The molecule has 1 aliphatic heterocycles. The first-order chi connectivity index (χ1) is 17.0. The number of amides is 2. The van der Waals surface area contributed by atoms with Gasteiger partial charge in [-0.3, -0.25) is 9.59 Å². The molecule has 196 valence electrons. The Morgan fingerprint density at radius 3 is 2.33 bits per heavy atom. The Labute approximate surface area is 213 Å². The van der Waals surface area contributed by atoms with Crippen LogP contribution in [0.4, 0.5) is 4.39 Å². The molecular formula is C27H36FN3O4S. The van der Waals surface area contributed by atoms with Gasteiger partial charge in [0.2, 0.25) is 21.8 Å². The second-order valence-corrected chi connectivity index (χ2v) is 11.5. The van der Waals surface area contributed by atoms with E-state index in [1.165, 1.54) is 33.8 Å². The molecule has 36 heavy (non-hydrogen) atoms. The lowest BCUT2D eigenvalue weighted by atomic mass is 10.0. The third-order valence-electron chi connectivity index (χ3n) is 6.55. The maximum Gasteiger partial charge on any atom is 0.246 e. The molecular weight excluding hydrogens is 481 g/mol. The second kappa shape index (κ2) is 12.0. The summed E-state index contributed by atoms with van der Waals surface area (Å²) in [5, 5.41) is 2.85. The maximum atomic E-state index is 14.9. The van der Waals surface area contributed by atoms with Crippen LogP contribution in [0.3, 0.4) is 0 Å². The van der Waals surface area contributed by atoms with Crippen molar-refractivity contribution in [1.82, 2.24) is 14.5 Å². The fraction of sp³-hybridized carbons (Fsp3) is 0.481. The zero-order valence-electron chi connectivity index (χ0n) is 21.5. The molecule has 1 aliphatic rings. The minimum atomic E-state index is -4.21. The van der Waals surface area contributed by atoms with Crippen molar-refractivity contribution in [1.29, 1.82) is 0 Å². The van der Waals surface area contributed by atoms with Crippen molar-refractivity contribution in [3.8, 4) is 0 Å². The van der Waals surface area contributed by atoms with Crippen molar-refractivity contribution in [2.24, 2.45) is 0 Å². The van der Waals surface area contributed by atoms with Crippen molar-refractivity contribution in [2.75, 3.05) is 19.6 Å². The van der Waals surface area contributed by atoms with Crippen LogP contribution in [0.5, 0.6) is 0 Å². The highest BCUT2D eigenvalue weighted by molar-refractivity contribution is 7.89. The van der Waals surface area contributed by atoms with Crippen LogP contribution in [-0.4, -0.2) is 55.1 Å². The topological polar surface area (TPSA) is 86.8 Å². The van der Waals surface area contributed by atoms with E-state index in [0.717, 1.165) is 17.5 Å². The molecule has 3 rings (SSSR count). The molecule has 0 unspecified atom stereocenters. The fourth-order valence-electron chi connectivity index (χ4n) is 4.44. The van der Waals surface area contributed by atoms with E-state index in [2.05, 4.69) is 19.2 Å². The standard InChI is InChI=1S/C27H36FN3O4S/c1-5-6-21-9-12-26(25(28)15-21)36(34,35)31-14-13-30(20(4)32)18-24(31)16-27(33)29-17-22-7-10-23(11-8-22)19(2)3/h7-12,15,19,24H,5-6,13-14,16-18H2,1-4H3,(H,29,33)/t24-/m0/s1. The summed E-state index contributed by atoms with van der Waals surface area (Å²) in [7, 11) is -4.21. The molecule has 0 spiro atoms. The number of benzene rings is 2. The largest absolute Gasteiger partial charge is 0.352 e. The molecule has 0 aromatic heterocycles. The average molecular weight is 518 g/mol. The molecule has 2 aromatic carbocycles. The van der Waals surface area contributed by atoms with E-state index < -0.39 is 26.8 Å². The number of carbonyl (C=O) groups is 2. The van der Waals surface area contributed by atoms with Crippen LogP contribution >= 0.6 is 0 Å². The van der Waals surface area contributed by atoms with E-state index in [-0.39, 0.29) is 37.9 Å². The van der Waals surface area contributed by atoms with Gasteiger partial charge in [0.15, 0.2) is 0 Å². The Balaban J connectivity index is 1.76. The summed E-state index contributed by atoms with van der Waals surface area (Å²) in [6.45, 7) is 8.15. The summed E-state index contributed by atoms with van der Waals surface area (Å²) in [5.74, 6) is -0.928. The molecule has 1 heterocycles. The number of hydrogen-bond donors (Lipinski definition) is 1. The van der Waals surface area contributed by atoms with E-state index in [4.69, 9.17) is 0 Å². The normalized spacial score (nSPS) is 16.8. The summed E-state index contributed by atoms with van der Waals surface area (Å²) in [5.41, 5.74) is 2.86. The zero-order chi connectivity index (χ0) is 26.5. The number of hydrogen-bond acceptors (Lipinski definition) is 4. The van der Waals surface area contributed by atoms with E-state index >= 15 is 0 Å². The number of halogens is 1. The van der Waals surface area contributed by atoms with Gasteiger partial charge in [0.25, 0.3) is 0 Å². The monoisotopic (exact) mass is 517 g/mol. The number of piperazine rings is 1. The SMILES string of the molecule is CCCc1ccc(S(=O)(=O)N2CCN(C(C)=O)C[C@@H]2CC(=O)NCc2ccc(C(C)C)cc2)c(F)c1. The van der Waals surface area contributed by atoms with E-state index in [1.807, 2.05) is 31.2 Å². The van der Waals surface area contributed by atoms with Crippen LogP contribution in [0, 0.1) is 5.82 Å². The van der Waals surface area contributed by atoms with Crippen LogP contribution in [0.15, 0.2) is 47.4 Å². The number of carbonyl (C=O) groups excluding carboxylic acids is 2. The first kappa shape index (κ1) is 27.8. The van der Waals surface area contributed by atoms with E-state index in [9.17, 15) is 22.4 Å². The molecule has 0 aliphatic carbocycles. The van der Waals surface area contributed by atoms with Gasteiger partial charge in [-0.15, -0.1) is 0 Å². The van der Waals surface area contributed by atoms with Gasteiger partial charge in [-0.1, -0.05) is 57.5 Å². The Morgan fingerprint density at radius 2 is 1.75 bits per heavy atom. The Morgan fingerprint density at radius 1 is 1.08 bits per heavy atom. The van der Waals surface area contributed by atoms with Crippen LogP contribution in [-0.2, 0) is 32.6 Å². The van der Waals surface area contributed by atoms with Crippen LogP contribution in [0.2, 0.25) is 0 Å². The lowest BCUT2D eigenvalue weighted by Gasteiger charge is -2.40. The average Bonchev–Trinajstić information content (AvgIpc) is 2.83. The Hall–Kier alpha value is -2.78. The summed E-state index contributed by atoms with van der Waals surface area (Å²) in [6, 6.07) is 11.3. The Bertz CT molecular complexity index is 1180. The fourth-order valence-corrected chi connectivity index (χ4v) is 6.09. The number of nitrogens with one attached hydrogen (secondary N) is 1. The highest BCUT2D eigenvalue weighted by Crippen LogP contribution is 2.26. The summed E-state index contributed by atoms with van der Waals surface area (Å²) in [4.78, 5) is 25.9. The van der Waals surface area contributed by atoms with Crippen LogP contribution in [0.25, 0.3) is 0 Å². The van der Waals surface area contributed by atoms with Crippen molar-refractivity contribution in [2.45, 2.75) is 70.4 Å². The van der Waals surface area contributed by atoms with Gasteiger partial charge in [-0.25, -0.2) is 12.8 Å². The highest BCUT2D eigenvalue weighted by Gasteiger charge is 2.39. The summed E-state index contributed by atoms with van der Waals surface area (Å²) < 4.78 is 42.9. The third kappa shape index (κ3) is 6.70. The van der Waals surface area contributed by atoms with Crippen molar-refractivity contribution >= 4 is 21.8 Å². The zero-order valence-corrected chi connectivity index (χ0v) is 22.3. The molecule has 1 fully saturated rings. The molecule has 0 bridgehead atoms. The lowest BCUT2D eigenvalue weighted by Crippen LogP contribution is -2.57. The highest BCUT2D eigenvalue weighted by atomic mass is 32.2. The number of nitrogens with zero attached hydrogens (tertiary/aromatic N) is 2. The van der Waals surface area contributed by atoms with Gasteiger partial charge in [-0.2, -0.15) is 4.31 Å². The third-order valence-corrected chi connectivity index (χ3v) is 8.54. The van der Waals surface area contributed by atoms with Gasteiger partial charge in [0, 0.05) is 39.5 Å². The van der Waals surface area contributed by atoms with Gasteiger partial charge < -0.3 is 10.2 Å². The molecule has 0 radical (unpaired) electrons. The number of rotatable bonds is 9. The van der Waals surface area contributed by atoms with Crippen molar-refractivity contribution in [3.63, 3.8) is 0 Å². The quantitative estimate of drug-likeness (QED) is 0.548. The minimum absolute atomic E-state index is 0.00727. The molecule has 2 aromatic rings. The first-order valence-corrected chi connectivity index (χ1v) is 13.9. The smallest absolute Gasteiger partial charge is 0.246 e. The number of aryl methyl sites for hydroxylation is 1. The molecule has 2 amide bonds. The summed E-state index contributed by atoms with van der Waals surface area (Å²) in [6.07, 6.45) is 1.33. The van der Waals surface area contributed by atoms with Crippen molar-refractivity contribution in [3.05, 3.63) is 65.0 Å². The van der Waals surface area contributed by atoms with Crippen molar-refractivity contribution < 1.29 is 22.4 Å². The predicted octanol–water partition coefficient (Wildman–Crippen LogP) is 3.83. The van der Waals surface area contributed by atoms with Gasteiger partial charge in [-0.05, 0) is 41.2 Å². The molecule has 0 saturated carbocycles. The molecule has 9 heteroatoms. The molecule has 1 atom stereocenters. The second-order valence-electron chi connectivity index (χ2n) is 9.63. The maximum absolute atomic E-state index is 14.9. The molecule has 1 saturated heterocycles. The van der Waals surface area contributed by atoms with E-state index in [1.54, 1.807) is 6.07 Å². The number of sulfonamides is 1.